The first-order chi connectivity index (χ1) is 2.94. The minimum absolute atomic E-state index is 0.417. The Morgan fingerprint density at radius 1 is 1.29 bits per heavy atom. The molecule has 44 valence electrons. The van der Waals surface area contributed by atoms with E-state index in [4.69, 9.17) is 0 Å². The van der Waals surface area contributed by atoms with Gasteiger partial charge in [0, 0.05) is 4.83 Å². The second-order valence-electron chi connectivity index (χ2n) is 2.98. The van der Waals surface area contributed by atoms with Gasteiger partial charge in [-0.15, -0.1) is 0 Å². The molecule has 0 bridgehead atoms. The summed E-state index contributed by atoms with van der Waals surface area (Å²) in [5, 5.41) is 0. The zero-order valence-corrected chi connectivity index (χ0v) is 7.04. The molecule has 0 aromatic heterocycles. The summed E-state index contributed by atoms with van der Waals surface area (Å²) in [6, 6.07) is 0. The van der Waals surface area contributed by atoms with Crippen LogP contribution < -0.4 is 0 Å². The molecule has 0 heterocycles. The largest absolute Gasteiger partial charge is 0.0888 e. The van der Waals surface area contributed by atoms with Crippen molar-refractivity contribution in [1.29, 1.82) is 0 Å². The van der Waals surface area contributed by atoms with Crippen LogP contribution in [-0.2, 0) is 0 Å². The van der Waals surface area contributed by atoms with E-state index in [1.807, 2.05) is 0 Å². The number of hydrogen-bond acceptors (Lipinski definition) is 0. The smallest absolute Gasteiger partial charge is 0.0166 e. The highest BCUT2D eigenvalue weighted by Gasteiger charge is 2.15. The summed E-state index contributed by atoms with van der Waals surface area (Å²) >= 11 is 3.49. The maximum atomic E-state index is 3.49. The molecule has 0 radical (unpaired) electrons. The molecule has 1 atom stereocenters. The van der Waals surface area contributed by atoms with Crippen molar-refractivity contribution < 1.29 is 0 Å². The summed E-state index contributed by atoms with van der Waals surface area (Å²) < 4.78 is 0. The zero-order chi connectivity index (χ0) is 6.08. The van der Waals surface area contributed by atoms with Crippen LogP contribution >= 0.6 is 15.9 Å². The van der Waals surface area contributed by atoms with E-state index in [0.29, 0.717) is 10.2 Å². The maximum Gasteiger partial charge on any atom is 0.0166 e. The van der Waals surface area contributed by atoms with E-state index in [1.165, 1.54) is 0 Å². The molecule has 0 N–H and O–H groups in total. The van der Waals surface area contributed by atoms with E-state index in [-0.39, 0.29) is 0 Å². The highest BCUT2D eigenvalue weighted by atomic mass is 79.9. The topological polar surface area (TPSA) is 0 Å². The highest BCUT2D eigenvalue weighted by molar-refractivity contribution is 9.09. The fraction of sp³-hybridized carbons (Fsp3) is 1.00. The molecule has 0 aromatic carbocycles. The highest BCUT2D eigenvalue weighted by Crippen LogP contribution is 2.24. The average molecular weight is 165 g/mol. The third kappa shape index (κ3) is 3.10. The Kier molecular flexibility index (Phi) is 2.31. The number of hydrogen-bond donors (Lipinski definition) is 0. The predicted octanol–water partition coefficient (Wildman–Crippen LogP) is 2.82. The first-order valence-corrected chi connectivity index (χ1v) is 3.50. The Balaban J connectivity index is 3.54. The molecule has 0 fully saturated rings. The van der Waals surface area contributed by atoms with E-state index < -0.39 is 0 Å². The Bertz CT molecular complexity index is 49.7. The molecule has 0 aliphatic rings. The Hall–Kier alpha value is 0.480. The lowest BCUT2D eigenvalue weighted by Gasteiger charge is -2.20. The van der Waals surface area contributed by atoms with Crippen molar-refractivity contribution in [3.8, 4) is 0 Å². The minimum Gasteiger partial charge on any atom is -0.0888 e. The van der Waals surface area contributed by atoms with Gasteiger partial charge in [0.1, 0.15) is 0 Å². The Labute approximate surface area is 54.4 Å². The molecular weight excluding hydrogens is 152 g/mol. The van der Waals surface area contributed by atoms with Crippen molar-refractivity contribution >= 4 is 15.9 Å². The predicted molar refractivity (Wildman–Crippen MR) is 37.8 cm³/mol. The summed E-state index contributed by atoms with van der Waals surface area (Å²) in [7, 11) is 0. The normalized spacial score (nSPS) is 16.7. The van der Waals surface area contributed by atoms with Gasteiger partial charge in [0.05, 0.1) is 0 Å². The number of alkyl halides is 1. The standard InChI is InChI=1S/C6H13Br/c1-5(7)6(2,3)4/h5H,1-4H3. The van der Waals surface area contributed by atoms with Crippen molar-refractivity contribution in [3.05, 3.63) is 0 Å². The molecule has 0 aromatic rings. The summed E-state index contributed by atoms with van der Waals surface area (Å²) in [6.07, 6.45) is 0. The quantitative estimate of drug-likeness (QED) is 0.484. The van der Waals surface area contributed by atoms with E-state index >= 15 is 0 Å². The number of halogens is 1. The van der Waals surface area contributed by atoms with Gasteiger partial charge in [-0.3, -0.25) is 0 Å². The summed E-state index contributed by atoms with van der Waals surface area (Å²) in [4.78, 5) is 0.611. The van der Waals surface area contributed by atoms with Crippen LogP contribution in [0.4, 0.5) is 0 Å². The van der Waals surface area contributed by atoms with Gasteiger partial charge in [-0.2, -0.15) is 0 Å². The Morgan fingerprint density at radius 2 is 1.43 bits per heavy atom. The average Bonchev–Trinajstić information content (AvgIpc) is 1.31. The van der Waals surface area contributed by atoms with Gasteiger partial charge in [0.2, 0.25) is 0 Å². The van der Waals surface area contributed by atoms with Crippen LogP contribution in [0, 0.1) is 5.41 Å². The fourth-order valence-corrected chi connectivity index (χ4v) is 0. The monoisotopic (exact) mass is 164 g/mol. The third-order valence-corrected chi connectivity index (χ3v) is 2.57. The van der Waals surface area contributed by atoms with E-state index in [0.717, 1.165) is 0 Å². The molecule has 0 amide bonds. The van der Waals surface area contributed by atoms with E-state index in [2.05, 4.69) is 43.6 Å². The molecule has 0 saturated carbocycles. The van der Waals surface area contributed by atoms with Gasteiger partial charge >= 0.3 is 0 Å². The lowest BCUT2D eigenvalue weighted by molar-refractivity contribution is 0.416. The second-order valence-corrected chi connectivity index (χ2v) is 4.36. The summed E-state index contributed by atoms with van der Waals surface area (Å²) in [6.45, 7) is 8.81. The van der Waals surface area contributed by atoms with Crippen LogP contribution in [-0.4, -0.2) is 4.83 Å². The van der Waals surface area contributed by atoms with Gasteiger partial charge in [0.25, 0.3) is 0 Å². The molecule has 0 aliphatic heterocycles. The van der Waals surface area contributed by atoms with E-state index in [1.54, 1.807) is 0 Å². The van der Waals surface area contributed by atoms with Crippen LogP contribution in [0.5, 0.6) is 0 Å². The van der Waals surface area contributed by atoms with Gasteiger partial charge in [0.15, 0.2) is 0 Å². The minimum atomic E-state index is 0.417. The van der Waals surface area contributed by atoms with Crippen LogP contribution in [0.15, 0.2) is 0 Å². The van der Waals surface area contributed by atoms with Crippen LogP contribution in [0.2, 0.25) is 0 Å². The lowest BCUT2D eigenvalue weighted by Crippen LogP contribution is -2.15. The van der Waals surface area contributed by atoms with Gasteiger partial charge < -0.3 is 0 Å². The van der Waals surface area contributed by atoms with Crippen LogP contribution in [0.25, 0.3) is 0 Å². The van der Waals surface area contributed by atoms with Crippen LogP contribution in [0.3, 0.4) is 0 Å². The maximum absolute atomic E-state index is 3.49. The summed E-state index contributed by atoms with van der Waals surface area (Å²) in [5.41, 5.74) is 0.417. The van der Waals surface area contributed by atoms with Crippen molar-refractivity contribution in [2.24, 2.45) is 5.41 Å². The molecule has 7 heavy (non-hydrogen) atoms. The van der Waals surface area contributed by atoms with E-state index in [9.17, 15) is 0 Å². The van der Waals surface area contributed by atoms with Crippen LogP contribution in [0.1, 0.15) is 27.7 Å². The zero-order valence-electron chi connectivity index (χ0n) is 5.46. The molecular formula is C6H13Br. The lowest BCUT2D eigenvalue weighted by atomic mass is 9.94. The summed E-state index contributed by atoms with van der Waals surface area (Å²) in [5.74, 6) is 0. The molecule has 0 saturated heterocycles. The van der Waals surface area contributed by atoms with Gasteiger partial charge in [-0.05, 0) is 5.41 Å². The molecule has 1 unspecified atom stereocenters. The SMILES string of the molecule is CC(Br)C(C)(C)C. The Morgan fingerprint density at radius 3 is 1.43 bits per heavy atom. The molecule has 0 aliphatic carbocycles. The second kappa shape index (κ2) is 2.17. The molecule has 0 spiro atoms. The number of rotatable bonds is 0. The first-order valence-electron chi connectivity index (χ1n) is 2.58. The molecule has 0 nitrogen and oxygen atoms in total. The van der Waals surface area contributed by atoms with Crippen molar-refractivity contribution in [3.63, 3.8) is 0 Å². The van der Waals surface area contributed by atoms with Crippen molar-refractivity contribution in [1.82, 2.24) is 0 Å². The fourth-order valence-electron chi connectivity index (χ4n) is 0. The van der Waals surface area contributed by atoms with Gasteiger partial charge in [-0.25, -0.2) is 0 Å². The van der Waals surface area contributed by atoms with Crippen molar-refractivity contribution in [2.75, 3.05) is 0 Å². The first kappa shape index (κ1) is 7.48. The van der Waals surface area contributed by atoms with Gasteiger partial charge in [-0.1, -0.05) is 43.6 Å². The van der Waals surface area contributed by atoms with Crippen molar-refractivity contribution in [2.45, 2.75) is 32.5 Å². The third-order valence-electron chi connectivity index (χ3n) is 1.19. The molecule has 1 heteroatoms. The molecule has 0 rings (SSSR count).